The summed E-state index contributed by atoms with van der Waals surface area (Å²) in [6.45, 7) is 8.25. The van der Waals surface area contributed by atoms with E-state index in [1.807, 2.05) is 20.8 Å². The van der Waals surface area contributed by atoms with E-state index in [1.165, 1.54) is 0 Å². The summed E-state index contributed by atoms with van der Waals surface area (Å²) in [6.07, 6.45) is 1.13. The number of hydrogen-bond acceptors (Lipinski definition) is 3. The van der Waals surface area contributed by atoms with Crippen LogP contribution in [0.15, 0.2) is 0 Å². The Morgan fingerprint density at radius 3 is 2.79 bits per heavy atom. The minimum atomic E-state index is -0.381. The van der Waals surface area contributed by atoms with Gasteiger partial charge in [-0.05, 0) is 18.9 Å². The Balaban J connectivity index is 2.11. The number of carbonyl (C=O) groups excluding carboxylic acids is 1. The lowest BCUT2D eigenvalue weighted by molar-refractivity contribution is -0.142. The summed E-state index contributed by atoms with van der Waals surface area (Å²) < 4.78 is 0. The molecule has 0 spiro atoms. The summed E-state index contributed by atoms with van der Waals surface area (Å²) in [5, 5.41) is 3.25. The van der Waals surface area contributed by atoms with E-state index in [4.69, 9.17) is 4.84 Å². The second-order valence-electron chi connectivity index (χ2n) is 4.85. The van der Waals surface area contributed by atoms with Crippen LogP contribution in [-0.4, -0.2) is 25.6 Å². The molecule has 1 amide bonds. The summed E-state index contributed by atoms with van der Waals surface area (Å²) in [4.78, 5) is 16.6. The molecule has 14 heavy (non-hydrogen) atoms. The van der Waals surface area contributed by atoms with Gasteiger partial charge in [-0.15, -0.1) is 0 Å². The largest absolute Gasteiger partial charge is 0.316 e. The standard InChI is InChI=1S/C10H20N2O2/c1-10(2,3)9(13)12-14-7-8-4-5-11-6-8/h8,11H,4-7H2,1-3H3,(H,12,13). The maximum atomic E-state index is 11.4. The van der Waals surface area contributed by atoms with Gasteiger partial charge in [0.25, 0.3) is 0 Å². The summed E-state index contributed by atoms with van der Waals surface area (Å²) in [5.41, 5.74) is 2.10. The van der Waals surface area contributed by atoms with Crippen LogP contribution >= 0.6 is 0 Å². The van der Waals surface area contributed by atoms with E-state index in [9.17, 15) is 4.79 Å². The van der Waals surface area contributed by atoms with Gasteiger partial charge in [0.05, 0.1) is 6.61 Å². The van der Waals surface area contributed by atoms with Crippen LogP contribution in [0.2, 0.25) is 0 Å². The third-order valence-electron chi connectivity index (χ3n) is 2.33. The number of hydrogen-bond donors (Lipinski definition) is 2. The first kappa shape index (κ1) is 11.5. The number of hydroxylamine groups is 1. The highest BCUT2D eigenvalue weighted by atomic mass is 16.7. The first-order valence-electron chi connectivity index (χ1n) is 5.13. The minimum Gasteiger partial charge on any atom is -0.316 e. The molecule has 1 fully saturated rings. The number of nitrogens with one attached hydrogen (secondary N) is 2. The molecule has 0 aromatic rings. The molecule has 0 bridgehead atoms. The zero-order valence-electron chi connectivity index (χ0n) is 9.22. The summed E-state index contributed by atoms with van der Waals surface area (Å²) in [6, 6.07) is 0. The summed E-state index contributed by atoms with van der Waals surface area (Å²) >= 11 is 0. The van der Waals surface area contributed by atoms with E-state index in [2.05, 4.69) is 10.8 Å². The average Bonchev–Trinajstić information content (AvgIpc) is 2.55. The predicted octanol–water partition coefficient (Wildman–Crippen LogP) is 0.690. The van der Waals surface area contributed by atoms with Crippen LogP contribution in [-0.2, 0) is 9.63 Å². The molecule has 1 atom stereocenters. The van der Waals surface area contributed by atoms with Gasteiger partial charge in [0, 0.05) is 12.0 Å². The van der Waals surface area contributed by atoms with Gasteiger partial charge in [-0.2, -0.15) is 0 Å². The molecule has 1 heterocycles. The van der Waals surface area contributed by atoms with Crippen molar-refractivity contribution in [3.8, 4) is 0 Å². The van der Waals surface area contributed by atoms with Crippen molar-refractivity contribution in [2.45, 2.75) is 27.2 Å². The molecule has 4 nitrogen and oxygen atoms in total. The zero-order valence-corrected chi connectivity index (χ0v) is 9.22. The lowest BCUT2D eigenvalue weighted by Crippen LogP contribution is -2.36. The van der Waals surface area contributed by atoms with Crippen molar-refractivity contribution in [1.82, 2.24) is 10.8 Å². The Bertz CT molecular complexity index is 193. The molecule has 0 aliphatic carbocycles. The van der Waals surface area contributed by atoms with Gasteiger partial charge in [0.2, 0.25) is 5.91 Å². The topological polar surface area (TPSA) is 50.4 Å². The van der Waals surface area contributed by atoms with Gasteiger partial charge < -0.3 is 5.32 Å². The maximum absolute atomic E-state index is 11.4. The third kappa shape index (κ3) is 3.64. The first-order valence-corrected chi connectivity index (χ1v) is 5.13. The fourth-order valence-electron chi connectivity index (χ4n) is 1.23. The Hall–Kier alpha value is -0.610. The molecule has 0 radical (unpaired) electrons. The molecule has 0 aromatic heterocycles. The van der Waals surface area contributed by atoms with Gasteiger partial charge in [-0.3, -0.25) is 9.63 Å². The number of amides is 1. The molecule has 4 heteroatoms. The second-order valence-corrected chi connectivity index (χ2v) is 4.85. The van der Waals surface area contributed by atoms with E-state index in [0.717, 1.165) is 19.5 Å². The molecule has 1 aliphatic rings. The molecule has 0 aromatic carbocycles. The Morgan fingerprint density at radius 1 is 1.57 bits per heavy atom. The predicted molar refractivity (Wildman–Crippen MR) is 54.5 cm³/mol. The lowest BCUT2D eigenvalue weighted by atomic mass is 9.96. The fourth-order valence-corrected chi connectivity index (χ4v) is 1.23. The average molecular weight is 200 g/mol. The monoisotopic (exact) mass is 200 g/mol. The molecule has 1 rings (SSSR count). The number of carbonyl (C=O) groups is 1. The molecular formula is C10H20N2O2. The Kier molecular flexibility index (Phi) is 3.89. The zero-order chi connectivity index (χ0) is 10.6. The van der Waals surface area contributed by atoms with Gasteiger partial charge in [-0.25, -0.2) is 5.48 Å². The molecule has 2 N–H and O–H groups in total. The molecule has 82 valence electrons. The van der Waals surface area contributed by atoms with Gasteiger partial charge in [0.15, 0.2) is 0 Å². The second kappa shape index (κ2) is 4.75. The third-order valence-corrected chi connectivity index (χ3v) is 2.33. The quantitative estimate of drug-likeness (QED) is 0.659. The van der Waals surface area contributed by atoms with Crippen molar-refractivity contribution in [1.29, 1.82) is 0 Å². The van der Waals surface area contributed by atoms with Crippen molar-refractivity contribution in [3.05, 3.63) is 0 Å². The summed E-state index contributed by atoms with van der Waals surface area (Å²) in [7, 11) is 0. The van der Waals surface area contributed by atoms with E-state index < -0.39 is 0 Å². The highest BCUT2D eigenvalue weighted by Gasteiger charge is 2.22. The normalized spacial score (nSPS) is 22.4. The molecular weight excluding hydrogens is 180 g/mol. The highest BCUT2D eigenvalue weighted by Crippen LogP contribution is 2.12. The van der Waals surface area contributed by atoms with Crippen molar-refractivity contribution >= 4 is 5.91 Å². The van der Waals surface area contributed by atoms with E-state index in [0.29, 0.717) is 12.5 Å². The van der Waals surface area contributed by atoms with Gasteiger partial charge >= 0.3 is 0 Å². The van der Waals surface area contributed by atoms with Crippen molar-refractivity contribution in [3.63, 3.8) is 0 Å². The Morgan fingerprint density at radius 2 is 2.29 bits per heavy atom. The van der Waals surface area contributed by atoms with Crippen LogP contribution in [0.3, 0.4) is 0 Å². The molecule has 0 saturated carbocycles. The molecule has 1 unspecified atom stereocenters. The van der Waals surface area contributed by atoms with Crippen LogP contribution in [0.4, 0.5) is 0 Å². The van der Waals surface area contributed by atoms with Crippen LogP contribution < -0.4 is 10.8 Å². The smallest absolute Gasteiger partial charge is 0.248 e. The first-order chi connectivity index (χ1) is 6.50. The van der Waals surface area contributed by atoms with Crippen molar-refractivity contribution < 1.29 is 9.63 Å². The van der Waals surface area contributed by atoms with Crippen molar-refractivity contribution in [2.24, 2.45) is 11.3 Å². The maximum Gasteiger partial charge on any atom is 0.248 e. The highest BCUT2D eigenvalue weighted by molar-refractivity contribution is 5.80. The lowest BCUT2D eigenvalue weighted by Gasteiger charge is -2.18. The van der Waals surface area contributed by atoms with E-state index in [-0.39, 0.29) is 11.3 Å². The minimum absolute atomic E-state index is 0.0662. The van der Waals surface area contributed by atoms with Gasteiger partial charge in [-0.1, -0.05) is 20.8 Å². The summed E-state index contributed by atoms with van der Waals surface area (Å²) in [5.74, 6) is 0.471. The van der Waals surface area contributed by atoms with Crippen LogP contribution in [0, 0.1) is 11.3 Å². The molecule has 1 saturated heterocycles. The van der Waals surface area contributed by atoms with Gasteiger partial charge in [0.1, 0.15) is 0 Å². The van der Waals surface area contributed by atoms with E-state index in [1.54, 1.807) is 0 Å². The SMILES string of the molecule is CC(C)(C)C(=O)NOCC1CCNC1. The van der Waals surface area contributed by atoms with Crippen LogP contribution in [0.5, 0.6) is 0 Å². The van der Waals surface area contributed by atoms with E-state index >= 15 is 0 Å². The van der Waals surface area contributed by atoms with Crippen molar-refractivity contribution in [2.75, 3.05) is 19.7 Å². The van der Waals surface area contributed by atoms with Crippen LogP contribution in [0.25, 0.3) is 0 Å². The fraction of sp³-hybridized carbons (Fsp3) is 0.900. The number of rotatable bonds is 3. The Labute approximate surface area is 85.3 Å². The van der Waals surface area contributed by atoms with Crippen LogP contribution in [0.1, 0.15) is 27.2 Å². The molecule has 1 aliphatic heterocycles.